The van der Waals surface area contributed by atoms with Gasteiger partial charge in [-0.25, -0.2) is 0 Å². The molecule has 0 unspecified atom stereocenters. The third kappa shape index (κ3) is 17.4. The van der Waals surface area contributed by atoms with Crippen LogP contribution < -0.4 is 0 Å². The quantitative estimate of drug-likeness (QED) is 0.329. The SMILES string of the molecule is CCCCCN(C=O)CCCCC.COC(C)OC. The summed E-state index contributed by atoms with van der Waals surface area (Å²) >= 11 is 0. The molecule has 0 aromatic carbocycles. The van der Waals surface area contributed by atoms with Crippen LogP contribution in [0.15, 0.2) is 0 Å². The maximum absolute atomic E-state index is 10.6. The van der Waals surface area contributed by atoms with E-state index in [4.69, 9.17) is 0 Å². The van der Waals surface area contributed by atoms with E-state index in [2.05, 4.69) is 23.3 Å². The van der Waals surface area contributed by atoms with Gasteiger partial charge in [0.25, 0.3) is 0 Å². The van der Waals surface area contributed by atoms with Crippen LogP contribution in [-0.2, 0) is 14.3 Å². The lowest BCUT2D eigenvalue weighted by Crippen LogP contribution is -2.24. The standard InChI is InChI=1S/C11H23NO.C4H10O2/c1-3-5-7-9-12(11-13)10-8-6-4-2;1-4(5-2)6-3/h11H,3-10H2,1-2H3;4H,1-3H3. The Morgan fingerprint density at radius 2 is 1.37 bits per heavy atom. The fourth-order valence-corrected chi connectivity index (χ4v) is 1.44. The molecule has 0 atom stereocenters. The maximum Gasteiger partial charge on any atom is 0.209 e. The number of methoxy groups -OCH3 is 2. The smallest absolute Gasteiger partial charge is 0.209 e. The van der Waals surface area contributed by atoms with Crippen molar-refractivity contribution >= 4 is 6.41 Å². The van der Waals surface area contributed by atoms with Crippen molar-refractivity contribution in [1.29, 1.82) is 0 Å². The zero-order valence-corrected chi connectivity index (χ0v) is 13.5. The highest BCUT2D eigenvalue weighted by molar-refractivity contribution is 5.46. The summed E-state index contributed by atoms with van der Waals surface area (Å²) in [7, 11) is 3.21. The molecule has 0 aliphatic heterocycles. The number of hydrogen-bond acceptors (Lipinski definition) is 3. The second kappa shape index (κ2) is 17.4. The fourth-order valence-electron chi connectivity index (χ4n) is 1.44. The van der Waals surface area contributed by atoms with Crippen LogP contribution >= 0.6 is 0 Å². The Morgan fingerprint density at radius 1 is 0.947 bits per heavy atom. The highest BCUT2D eigenvalue weighted by atomic mass is 16.7. The van der Waals surface area contributed by atoms with Crippen molar-refractivity contribution in [1.82, 2.24) is 4.90 Å². The minimum Gasteiger partial charge on any atom is -0.356 e. The zero-order chi connectivity index (χ0) is 14.9. The first kappa shape index (κ1) is 20.7. The van der Waals surface area contributed by atoms with Gasteiger partial charge in [-0.2, -0.15) is 0 Å². The van der Waals surface area contributed by atoms with Gasteiger partial charge in [-0.1, -0.05) is 39.5 Å². The zero-order valence-electron chi connectivity index (χ0n) is 13.5. The van der Waals surface area contributed by atoms with Crippen LogP contribution in [0, 0.1) is 0 Å². The molecular formula is C15H33NO3. The molecule has 19 heavy (non-hydrogen) atoms. The van der Waals surface area contributed by atoms with Crippen LogP contribution in [0.3, 0.4) is 0 Å². The maximum atomic E-state index is 10.6. The van der Waals surface area contributed by atoms with E-state index in [1.807, 2.05) is 11.8 Å². The van der Waals surface area contributed by atoms with Crippen molar-refractivity contribution in [3.05, 3.63) is 0 Å². The number of carbonyl (C=O) groups is 1. The number of rotatable bonds is 11. The van der Waals surface area contributed by atoms with Gasteiger partial charge in [-0.05, 0) is 19.8 Å². The Balaban J connectivity index is 0. The van der Waals surface area contributed by atoms with E-state index in [-0.39, 0.29) is 6.29 Å². The van der Waals surface area contributed by atoms with Gasteiger partial charge in [-0.3, -0.25) is 4.79 Å². The van der Waals surface area contributed by atoms with Crippen molar-refractivity contribution in [2.75, 3.05) is 27.3 Å². The summed E-state index contributed by atoms with van der Waals surface area (Å²) in [6.07, 6.45) is 8.15. The molecule has 0 heterocycles. The molecule has 0 bridgehead atoms. The number of hydrogen-bond donors (Lipinski definition) is 0. The summed E-state index contributed by atoms with van der Waals surface area (Å²) in [5.74, 6) is 0. The van der Waals surface area contributed by atoms with Gasteiger partial charge in [0.2, 0.25) is 6.41 Å². The Kier molecular flexibility index (Phi) is 18.9. The van der Waals surface area contributed by atoms with E-state index in [9.17, 15) is 4.79 Å². The Hall–Kier alpha value is -0.610. The lowest BCUT2D eigenvalue weighted by Gasteiger charge is -2.16. The van der Waals surface area contributed by atoms with Crippen LogP contribution in [0.1, 0.15) is 59.3 Å². The molecule has 0 aromatic rings. The van der Waals surface area contributed by atoms with Gasteiger partial charge in [0, 0.05) is 27.3 Å². The third-order valence-electron chi connectivity index (χ3n) is 2.91. The molecule has 0 saturated carbocycles. The molecule has 1 amide bonds. The number of amides is 1. The predicted molar refractivity (Wildman–Crippen MR) is 80.2 cm³/mol. The van der Waals surface area contributed by atoms with E-state index >= 15 is 0 Å². The van der Waals surface area contributed by atoms with Crippen molar-refractivity contribution < 1.29 is 14.3 Å². The average molecular weight is 275 g/mol. The van der Waals surface area contributed by atoms with Crippen LogP contribution in [0.2, 0.25) is 0 Å². The Morgan fingerprint density at radius 3 is 1.58 bits per heavy atom. The summed E-state index contributed by atoms with van der Waals surface area (Å²) in [4.78, 5) is 12.5. The first-order valence-electron chi connectivity index (χ1n) is 7.41. The van der Waals surface area contributed by atoms with Crippen LogP contribution in [0.4, 0.5) is 0 Å². The monoisotopic (exact) mass is 275 g/mol. The normalized spacial score (nSPS) is 10.0. The molecule has 4 heteroatoms. The van der Waals surface area contributed by atoms with Gasteiger partial charge < -0.3 is 14.4 Å². The van der Waals surface area contributed by atoms with Crippen LogP contribution in [0.5, 0.6) is 0 Å². The molecule has 0 aliphatic rings. The van der Waals surface area contributed by atoms with Crippen molar-refractivity contribution in [2.24, 2.45) is 0 Å². The largest absolute Gasteiger partial charge is 0.356 e. The second-order valence-electron chi connectivity index (χ2n) is 4.59. The molecule has 0 saturated heterocycles. The number of nitrogens with zero attached hydrogens (tertiary/aromatic N) is 1. The highest BCUT2D eigenvalue weighted by Crippen LogP contribution is 2.00. The Labute approximate surface area is 119 Å². The van der Waals surface area contributed by atoms with Gasteiger partial charge in [0.1, 0.15) is 0 Å². The third-order valence-corrected chi connectivity index (χ3v) is 2.91. The molecule has 116 valence electrons. The minimum atomic E-state index is -0.0648. The van der Waals surface area contributed by atoms with Crippen LogP contribution in [0.25, 0.3) is 0 Å². The summed E-state index contributed by atoms with van der Waals surface area (Å²) in [6.45, 7) is 8.09. The van der Waals surface area contributed by atoms with E-state index in [0.717, 1.165) is 32.3 Å². The first-order chi connectivity index (χ1) is 9.15. The molecule has 0 aromatic heterocycles. The predicted octanol–water partition coefficient (Wildman–Crippen LogP) is 3.45. The van der Waals surface area contributed by atoms with E-state index in [1.165, 1.54) is 25.7 Å². The number of unbranched alkanes of at least 4 members (excludes halogenated alkanes) is 4. The minimum absolute atomic E-state index is 0.0648. The molecule has 0 spiro atoms. The first-order valence-corrected chi connectivity index (χ1v) is 7.41. The lowest BCUT2D eigenvalue weighted by atomic mass is 10.2. The van der Waals surface area contributed by atoms with Gasteiger partial charge >= 0.3 is 0 Å². The average Bonchev–Trinajstić information content (AvgIpc) is 2.45. The van der Waals surface area contributed by atoms with Crippen molar-refractivity contribution in [2.45, 2.75) is 65.6 Å². The molecule has 4 nitrogen and oxygen atoms in total. The summed E-state index contributed by atoms with van der Waals surface area (Å²) < 4.78 is 9.35. The van der Waals surface area contributed by atoms with Crippen molar-refractivity contribution in [3.8, 4) is 0 Å². The van der Waals surface area contributed by atoms with E-state index in [0.29, 0.717) is 0 Å². The number of ether oxygens (including phenoxy) is 2. The summed E-state index contributed by atoms with van der Waals surface area (Å²) in [5.41, 5.74) is 0. The number of carbonyl (C=O) groups excluding carboxylic acids is 1. The van der Waals surface area contributed by atoms with Gasteiger partial charge in [0.05, 0.1) is 0 Å². The molecule has 0 aliphatic carbocycles. The molecule has 0 radical (unpaired) electrons. The fraction of sp³-hybridized carbons (Fsp3) is 0.933. The van der Waals surface area contributed by atoms with E-state index in [1.54, 1.807) is 14.2 Å². The molecule has 0 N–H and O–H groups in total. The summed E-state index contributed by atoms with van der Waals surface area (Å²) in [6, 6.07) is 0. The lowest BCUT2D eigenvalue weighted by molar-refractivity contribution is -0.118. The second-order valence-corrected chi connectivity index (χ2v) is 4.59. The molecule has 0 rings (SSSR count). The van der Waals surface area contributed by atoms with Crippen molar-refractivity contribution in [3.63, 3.8) is 0 Å². The van der Waals surface area contributed by atoms with E-state index < -0.39 is 0 Å². The van der Waals surface area contributed by atoms with Gasteiger partial charge in [0.15, 0.2) is 6.29 Å². The molecular weight excluding hydrogens is 242 g/mol. The molecule has 0 fully saturated rings. The highest BCUT2D eigenvalue weighted by Gasteiger charge is 1.99. The Bertz CT molecular complexity index is 163. The summed E-state index contributed by atoms with van der Waals surface area (Å²) in [5, 5.41) is 0. The topological polar surface area (TPSA) is 38.8 Å². The van der Waals surface area contributed by atoms with Crippen LogP contribution in [-0.4, -0.2) is 44.9 Å². The van der Waals surface area contributed by atoms with Gasteiger partial charge in [-0.15, -0.1) is 0 Å².